The highest BCUT2D eigenvalue weighted by atomic mass is 19.4. The molecule has 1 fully saturated rings. The Kier molecular flexibility index (Phi) is 5.70. The number of hydrogen-bond acceptors (Lipinski definition) is 6. The fraction of sp³-hybridized carbons (Fsp3) is 0.292. The van der Waals surface area contributed by atoms with Gasteiger partial charge in [0.1, 0.15) is 22.9 Å². The lowest BCUT2D eigenvalue weighted by molar-refractivity contribution is -0.274. The first kappa shape index (κ1) is 23.8. The van der Waals surface area contributed by atoms with Crippen LogP contribution in [0.5, 0.6) is 5.75 Å². The number of rotatable bonds is 3. The van der Waals surface area contributed by atoms with E-state index in [1.54, 1.807) is 24.9 Å². The van der Waals surface area contributed by atoms with E-state index in [2.05, 4.69) is 14.8 Å². The predicted molar refractivity (Wildman–Crippen MR) is 123 cm³/mol. The summed E-state index contributed by atoms with van der Waals surface area (Å²) in [6.07, 6.45) is -3.24. The Morgan fingerprint density at radius 1 is 1.17 bits per heavy atom. The van der Waals surface area contributed by atoms with Gasteiger partial charge in [-0.15, -0.1) is 13.2 Å². The van der Waals surface area contributed by atoms with Crippen molar-refractivity contribution in [2.75, 3.05) is 18.9 Å². The molecule has 0 radical (unpaired) electrons. The Hall–Kier alpha value is -3.93. The van der Waals surface area contributed by atoms with E-state index >= 15 is 4.39 Å². The van der Waals surface area contributed by atoms with Crippen molar-refractivity contribution in [3.05, 3.63) is 59.5 Å². The maximum absolute atomic E-state index is 15.2. The second-order valence-corrected chi connectivity index (χ2v) is 8.61. The number of aryl methyl sites for hydroxylation is 1. The molecular formula is C24H21F4N5O3. The van der Waals surface area contributed by atoms with E-state index in [0.29, 0.717) is 21.9 Å². The Morgan fingerprint density at radius 2 is 1.89 bits per heavy atom. The predicted octanol–water partition coefficient (Wildman–Crippen LogP) is 4.34. The van der Waals surface area contributed by atoms with Gasteiger partial charge >= 0.3 is 6.36 Å². The van der Waals surface area contributed by atoms with Crippen LogP contribution in [0.4, 0.5) is 23.4 Å². The highest BCUT2D eigenvalue weighted by Gasteiger charge is 2.36. The summed E-state index contributed by atoms with van der Waals surface area (Å²) >= 11 is 0. The van der Waals surface area contributed by atoms with Crippen LogP contribution in [0.2, 0.25) is 0 Å². The molecule has 3 heterocycles. The molecule has 188 valence electrons. The zero-order valence-corrected chi connectivity index (χ0v) is 19.2. The fourth-order valence-corrected chi connectivity index (χ4v) is 4.60. The molecule has 2 N–H and O–H groups in total. The summed E-state index contributed by atoms with van der Waals surface area (Å²) in [6, 6.07) is 6.69. The minimum absolute atomic E-state index is 0.0930. The third kappa shape index (κ3) is 4.17. The van der Waals surface area contributed by atoms with Gasteiger partial charge in [-0.3, -0.25) is 9.48 Å². The first-order chi connectivity index (χ1) is 17.0. The molecule has 2 aromatic heterocycles. The van der Waals surface area contributed by atoms with Crippen LogP contribution in [0.1, 0.15) is 28.9 Å². The summed E-state index contributed by atoms with van der Waals surface area (Å²) in [5, 5.41) is 5.34. The number of pyridine rings is 1. The molecule has 8 nitrogen and oxygen atoms in total. The molecule has 1 aliphatic rings. The molecule has 0 saturated carbocycles. The number of nitrogens with zero attached hydrogens (tertiary/aromatic N) is 4. The van der Waals surface area contributed by atoms with Gasteiger partial charge < -0.3 is 20.1 Å². The second kappa shape index (κ2) is 8.63. The molecule has 2 atom stereocenters. The monoisotopic (exact) mass is 503 g/mol. The van der Waals surface area contributed by atoms with Crippen molar-refractivity contribution in [2.24, 2.45) is 7.05 Å². The number of anilines is 1. The van der Waals surface area contributed by atoms with Crippen molar-refractivity contribution in [3.63, 3.8) is 0 Å². The average Bonchev–Trinajstić information content (AvgIpc) is 3.20. The minimum Gasteiger partial charge on any atom is -0.406 e. The van der Waals surface area contributed by atoms with Gasteiger partial charge in [0.2, 0.25) is 0 Å². The number of carbonyl (C=O) groups excluding carboxylic acids is 1. The number of ether oxygens (including phenoxy) is 2. The van der Waals surface area contributed by atoms with Crippen LogP contribution in [-0.4, -0.2) is 51.2 Å². The standard InChI is InChI=1S/C24H21F4N5O3/c1-12-10-35-11-20(13-3-5-14(6-4-13)36-24(26,27)28)33(12)23(34)16-7-15-17-9-30-32(2)21(17)22(29)31-19(15)8-18(16)25/h3-9,12,20H,10-11H2,1-2H3,(H2,29,31)/t12-,20-/m1/s1. The maximum atomic E-state index is 15.2. The van der Waals surface area contributed by atoms with Gasteiger partial charge in [0.25, 0.3) is 5.91 Å². The van der Waals surface area contributed by atoms with Crippen LogP contribution < -0.4 is 10.5 Å². The molecule has 4 aromatic rings. The molecule has 12 heteroatoms. The molecule has 2 aromatic carbocycles. The van der Waals surface area contributed by atoms with E-state index < -0.39 is 30.2 Å². The molecule has 36 heavy (non-hydrogen) atoms. The van der Waals surface area contributed by atoms with Gasteiger partial charge in [-0.2, -0.15) is 5.10 Å². The van der Waals surface area contributed by atoms with Crippen LogP contribution in [-0.2, 0) is 11.8 Å². The summed E-state index contributed by atoms with van der Waals surface area (Å²) in [7, 11) is 1.70. The zero-order chi connectivity index (χ0) is 25.8. The van der Waals surface area contributed by atoms with Gasteiger partial charge in [0.15, 0.2) is 0 Å². The van der Waals surface area contributed by atoms with Crippen molar-refractivity contribution in [1.82, 2.24) is 19.7 Å². The Labute approximate surface area is 202 Å². The van der Waals surface area contributed by atoms with E-state index in [0.717, 1.165) is 18.2 Å². The molecule has 0 aliphatic carbocycles. The van der Waals surface area contributed by atoms with Gasteiger partial charge in [-0.05, 0) is 30.7 Å². The molecule has 5 rings (SSSR count). The fourth-order valence-electron chi connectivity index (χ4n) is 4.60. The lowest BCUT2D eigenvalue weighted by atomic mass is 9.99. The van der Waals surface area contributed by atoms with E-state index in [9.17, 15) is 18.0 Å². The van der Waals surface area contributed by atoms with E-state index in [1.165, 1.54) is 23.1 Å². The van der Waals surface area contributed by atoms with Crippen molar-refractivity contribution in [2.45, 2.75) is 25.4 Å². The highest BCUT2D eigenvalue weighted by Crippen LogP contribution is 2.34. The van der Waals surface area contributed by atoms with Crippen LogP contribution >= 0.6 is 0 Å². The summed E-state index contributed by atoms with van der Waals surface area (Å²) in [4.78, 5) is 19.5. The Balaban J connectivity index is 1.55. The van der Waals surface area contributed by atoms with Gasteiger partial charge in [0, 0.05) is 23.9 Å². The quantitative estimate of drug-likeness (QED) is 0.418. The molecule has 0 unspecified atom stereocenters. The number of alkyl halides is 3. The molecule has 1 saturated heterocycles. The number of halogens is 4. The smallest absolute Gasteiger partial charge is 0.406 e. The first-order valence-electron chi connectivity index (χ1n) is 11.0. The number of morpholine rings is 1. The van der Waals surface area contributed by atoms with Gasteiger partial charge in [0.05, 0.1) is 42.6 Å². The van der Waals surface area contributed by atoms with Crippen molar-refractivity contribution < 1.29 is 31.8 Å². The number of nitrogens with two attached hydrogens (primary N) is 1. The molecule has 1 aliphatic heterocycles. The summed E-state index contributed by atoms with van der Waals surface area (Å²) in [5.41, 5.74) is 7.22. The molecule has 0 spiro atoms. The average molecular weight is 503 g/mol. The highest BCUT2D eigenvalue weighted by molar-refractivity contribution is 6.10. The second-order valence-electron chi connectivity index (χ2n) is 8.61. The van der Waals surface area contributed by atoms with Crippen LogP contribution in [0.25, 0.3) is 21.8 Å². The SMILES string of the molecule is C[C@@H]1COC[C@H](c2ccc(OC(F)(F)F)cc2)N1C(=O)c1cc2c(cc1F)nc(N)c1c2cnn1C. The van der Waals surface area contributed by atoms with Crippen molar-refractivity contribution >= 4 is 33.5 Å². The normalized spacial score (nSPS) is 18.7. The number of amides is 1. The zero-order valence-electron chi connectivity index (χ0n) is 19.2. The largest absolute Gasteiger partial charge is 0.573 e. The summed E-state index contributed by atoms with van der Waals surface area (Å²) < 4.78 is 63.9. The van der Waals surface area contributed by atoms with Crippen LogP contribution in [0, 0.1) is 5.82 Å². The van der Waals surface area contributed by atoms with E-state index in [4.69, 9.17) is 10.5 Å². The van der Waals surface area contributed by atoms with Crippen LogP contribution in [0.3, 0.4) is 0 Å². The molecule has 1 amide bonds. The number of nitrogen functional groups attached to an aromatic ring is 1. The molecular weight excluding hydrogens is 482 g/mol. The van der Waals surface area contributed by atoms with Crippen molar-refractivity contribution in [1.29, 1.82) is 0 Å². The lowest BCUT2D eigenvalue weighted by Crippen LogP contribution is -2.49. The number of aromatic nitrogens is 3. The number of hydrogen-bond donors (Lipinski definition) is 1. The van der Waals surface area contributed by atoms with Crippen molar-refractivity contribution in [3.8, 4) is 5.75 Å². The topological polar surface area (TPSA) is 95.5 Å². The Morgan fingerprint density at radius 3 is 2.58 bits per heavy atom. The number of carbonyl (C=O) groups is 1. The molecule has 0 bridgehead atoms. The maximum Gasteiger partial charge on any atom is 0.573 e. The van der Waals surface area contributed by atoms with E-state index in [-0.39, 0.29) is 35.9 Å². The van der Waals surface area contributed by atoms with Crippen LogP contribution in [0.15, 0.2) is 42.6 Å². The summed E-state index contributed by atoms with van der Waals surface area (Å²) in [5.74, 6) is -1.55. The number of fused-ring (bicyclic) bond motifs is 3. The van der Waals surface area contributed by atoms with Gasteiger partial charge in [-0.1, -0.05) is 12.1 Å². The Bertz CT molecular complexity index is 1470. The lowest BCUT2D eigenvalue weighted by Gasteiger charge is -2.41. The van der Waals surface area contributed by atoms with Gasteiger partial charge in [-0.25, -0.2) is 9.37 Å². The summed E-state index contributed by atoms with van der Waals surface area (Å²) in [6.45, 7) is 2.07. The third-order valence-corrected chi connectivity index (χ3v) is 6.21. The first-order valence-corrected chi connectivity index (χ1v) is 11.0. The third-order valence-electron chi connectivity index (χ3n) is 6.21. The minimum atomic E-state index is -4.82. The number of benzene rings is 2. The van der Waals surface area contributed by atoms with E-state index in [1.807, 2.05) is 0 Å².